The Bertz CT molecular complexity index is 1140. The summed E-state index contributed by atoms with van der Waals surface area (Å²) in [6.45, 7) is 3.12. The number of carbonyl (C=O) groups excluding carboxylic acids is 2. The molecule has 4 rings (SSSR count). The highest BCUT2D eigenvalue weighted by molar-refractivity contribution is 7.10. The lowest BCUT2D eigenvalue weighted by Gasteiger charge is -2.25. The zero-order chi connectivity index (χ0) is 27.5. The second-order valence-corrected chi connectivity index (χ2v) is 11.3. The summed E-state index contributed by atoms with van der Waals surface area (Å²) in [6.07, 6.45) is 2.41. The number of thiophene rings is 2. The van der Waals surface area contributed by atoms with Gasteiger partial charge in [0, 0.05) is 16.4 Å². The molecule has 39 heavy (non-hydrogen) atoms. The largest absolute Gasteiger partial charge is 0.454 e. The summed E-state index contributed by atoms with van der Waals surface area (Å²) >= 11 is 3.19. The predicted octanol–water partition coefficient (Wildman–Crippen LogP) is 5.66. The van der Waals surface area contributed by atoms with E-state index in [0.717, 1.165) is 28.2 Å². The average Bonchev–Trinajstić information content (AvgIpc) is 3.72. The average molecular weight is 574 g/mol. The third-order valence-corrected chi connectivity index (χ3v) is 8.01. The van der Waals surface area contributed by atoms with Crippen LogP contribution in [0.2, 0.25) is 0 Å². The van der Waals surface area contributed by atoms with E-state index in [0.29, 0.717) is 37.4 Å². The van der Waals surface area contributed by atoms with Gasteiger partial charge in [-0.1, -0.05) is 38.0 Å². The number of hydrogen-bond acceptors (Lipinski definition) is 8. The highest BCUT2D eigenvalue weighted by Gasteiger charge is 2.23. The maximum Gasteiger partial charge on any atom is 0.410 e. The molecule has 1 aliphatic heterocycles. The van der Waals surface area contributed by atoms with Gasteiger partial charge in [-0.15, -0.1) is 22.7 Å². The minimum Gasteiger partial charge on any atom is -0.454 e. The number of fused-ring (bicyclic) bond motifs is 1. The molecule has 0 spiro atoms. The molecule has 2 atom stereocenters. The molecule has 0 saturated heterocycles. The quantitative estimate of drug-likeness (QED) is 0.230. The molecule has 3 aromatic rings. The number of hydrogen-bond donors (Lipinski definition) is 3. The molecule has 9 nitrogen and oxygen atoms in total. The summed E-state index contributed by atoms with van der Waals surface area (Å²) in [7, 11) is 0. The Morgan fingerprint density at radius 3 is 2.38 bits per heavy atom. The molecule has 0 saturated carbocycles. The molecule has 3 amide bonds. The first kappa shape index (κ1) is 28.7. The van der Waals surface area contributed by atoms with Crippen LogP contribution in [0.1, 0.15) is 54.0 Å². The lowest BCUT2D eigenvalue weighted by Crippen LogP contribution is -2.46. The van der Waals surface area contributed by atoms with Crippen molar-refractivity contribution in [2.45, 2.75) is 57.8 Å². The van der Waals surface area contributed by atoms with Crippen molar-refractivity contribution in [1.82, 2.24) is 15.5 Å². The van der Waals surface area contributed by atoms with E-state index >= 15 is 0 Å². The van der Waals surface area contributed by atoms with Gasteiger partial charge in [-0.2, -0.15) is 0 Å². The Labute approximate surface area is 236 Å². The molecule has 0 unspecified atom stereocenters. The topological polar surface area (TPSA) is 109 Å². The zero-order valence-electron chi connectivity index (χ0n) is 22.0. The van der Waals surface area contributed by atoms with Gasteiger partial charge in [-0.25, -0.2) is 9.59 Å². The van der Waals surface area contributed by atoms with Crippen LogP contribution in [0.3, 0.4) is 0 Å². The van der Waals surface area contributed by atoms with E-state index in [1.807, 2.05) is 47.2 Å². The van der Waals surface area contributed by atoms with Crippen LogP contribution in [0.15, 0.2) is 53.2 Å². The summed E-state index contributed by atoms with van der Waals surface area (Å²) in [5.41, 5.74) is 0.804. The summed E-state index contributed by atoms with van der Waals surface area (Å²) in [4.78, 5) is 30.0. The van der Waals surface area contributed by atoms with Gasteiger partial charge < -0.3 is 30.0 Å². The lowest BCUT2D eigenvalue weighted by molar-refractivity contribution is 0.0879. The van der Waals surface area contributed by atoms with Gasteiger partial charge >= 0.3 is 12.1 Å². The van der Waals surface area contributed by atoms with E-state index < -0.39 is 18.2 Å². The van der Waals surface area contributed by atoms with Crippen LogP contribution in [0.5, 0.6) is 11.5 Å². The molecule has 1 aliphatic rings. The van der Waals surface area contributed by atoms with Gasteiger partial charge in [0.15, 0.2) is 11.5 Å². The molecule has 3 N–H and O–H groups in total. The highest BCUT2D eigenvalue weighted by Crippen LogP contribution is 2.34. The van der Waals surface area contributed by atoms with E-state index in [2.05, 4.69) is 17.6 Å². The van der Waals surface area contributed by atoms with Gasteiger partial charge in [0.25, 0.3) is 0 Å². The maximum absolute atomic E-state index is 13.1. The van der Waals surface area contributed by atoms with Crippen LogP contribution >= 0.6 is 22.7 Å². The van der Waals surface area contributed by atoms with E-state index in [4.69, 9.17) is 14.2 Å². The fraction of sp³-hybridized carbons (Fsp3) is 0.429. The Hall–Kier alpha value is -3.28. The Morgan fingerprint density at radius 2 is 1.74 bits per heavy atom. The number of benzene rings is 1. The Kier molecular flexibility index (Phi) is 10.9. The second-order valence-electron chi connectivity index (χ2n) is 9.23. The van der Waals surface area contributed by atoms with Crippen LogP contribution in [0.25, 0.3) is 0 Å². The minimum absolute atomic E-state index is 0.0618. The van der Waals surface area contributed by atoms with Crippen LogP contribution in [0.4, 0.5) is 9.59 Å². The van der Waals surface area contributed by atoms with Gasteiger partial charge in [-0.05, 0) is 53.4 Å². The smallest absolute Gasteiger partial charge is 0.410 e. The number of unbranched alkanes of at least 4 members (excludes halogenated alkanes) is 1. The lowest BCUT2D eigenvalue weighted by atomic mass is 10.0. The molecular weight excluding hydrogens is 538 g/mol. The number of urea groups is 1. The predicted molar refractivity (Wildman–Crippen MR) is 151 cm³/mol. The zero-order valence-corrected chi connectivity index (χ0v) is 23.6. The van der Waals surface area contributed by atoms with Crippen molar-refractivity contribution in [3.8, 4) is 11.5 Å². The van der Waals surface area contributed by atoms with Crippen molar-refractivity contribution in [1.29, 1.82) is 0 Å². The number of rotatable bonds is 14. The molecule has 0 fully saturated rings. The Morgan fingerprint density at radius 1 is 1.03 bits per heavy atom. The molecule has 0 bridgehead atoms. The summed E-state index contributed by atoms with van der Waals surface area (Å²) in [6, 6.07) is 12.2. The van der Waals surface area contributed by atoms with E-state index in [-0.39, 0.29) is 26.0 Å². The van der Waals surface area contributed by atoms with Crippen molar-refractivity contribution in [2.24, 2.45) is 0 Å². The SMILES string of the molecule is CCCC[C@H](COC(=O)N(Cc1cccs1)Cc1cccs1)NC(=O)N[C@@H](CCO)c1ccc2c(c1)OCO2. The van der Waals surface area contributed by atoms with Gasteiger partial charge in [0.05, 0.1) is 25.2 Å². The van der Waals surface area contributed by atoms with Gasteiger partial charge in [0.2, 0.25) is 6.79 Å². The van der Waals surface area contributed by atoms with Crippen LogP contribution < -0.4 is 20.1 Å². The number of aliphatic hydroxyl groups excluding tert-OH is 1. The molecule has 3 heterocycles. The van der Waals surface area contributed by atoms with E-state index in [9.17, 15) is 14.7 Å². The molecule has 2 aromatic heterocycles. The maximum atomic E-state index is 13.1. The Balaban J connectivity index is 1.36. The molecule has 210 valence electrons. The normalized spacial score (nSPS) is 13.5. The van der Waals surface area contributed by atoms with Crippen LogP contribution in [-0.4, -0.2) is 48.2 Å². The highest BCUT2D eigenvalue weighted by atomic mass is 32.1. The standard InChI is InChI=1S/C28H35N3O6S2/c1-2-3-6-21(18-35-28(34)31(16-22-7-4-13-38-22)17-23-8-5-14-39-23)29-27(33)30-24(11-12-32)20-9-10-25-26(15-20)37-19-36-25/h4-5,7-10,13-15,21,24,32H,2-3,6,11-12,16-19H2,1H3,(H2,29,30,33)/t21-,24+/m1/s1. The molecule has 11 heteroatoms. The number of nitrogens with one attached hydrogen (secondary N) is 2. The first-order valence-corrected chi connectivity index (χ1v) is 14.9. The first-order valence-electron chi connectivity index (χ1n) is 13.1. The van der Waals surface area contributed by atoms with Crippen LogP contribution in [0, 0.1) is 0 Å². The minimum atomic E-state index is -0.425. The van der Waals surface area contributed by atoms with Gasteiger partial charge in [-0.3, -0.25) is 4.90 Å². The summed E-state index contributed by atoms with van der Waals surface area (Å²) < 4.78 is 16.6. The fourth-order valence-electron chi connectivity index (χ4n) is 4.24. The first-order chi connectivity index (χ1) is 19.1. The van der Waals surface area contributed by atoms with Crippen molar-refractivity contribution in [2.75, 3.05) is 20.0 Å². The molecule has 0 aliphatic carbocycles. The summed E-state index contributed by atoms with van der Waals surface area (Å²) in [5, 5.41) is 19.5. The summed E-state index contributed by atoms with van der Waals surface area (Å²) in [5.74, 6) is 1.26. The second kappa shape index (κ2) is 14.8. The third-order valence-electron chi connectivity index (χ3n) is 6.28. The third kappa shape index (κ3) is 8.61. The number of ether oxygens (including phenoxy) is 3. The monoisotopic (exact) mass is 573 g/mol. The molecule has 0 radical (unpaired) electrons. The van der Waals surface area contributed by atoms with E-state index in [1.165, 1.54) is 0 Å². The van der Waals surface area contributed by atoms with Crippen molar-refractivity contribution in [3.05, 3.63) is 68.5 Å². The number of aliphatic hydroxyl groups is 1. The number of nitrogens with zero attached hydrogens (tertiary/aromatic N) is 1. The van der Waals surface area contributed by atoms with Crippen molar-refractivity contribution in [3.63, 3.8) is 0 Å². The van der Waals surface area contributed by atoms with Crippen molar-refractivity contribution < 1.29 is 28.9 Å². The van der Waals surface area contributed by atoms with Gasteiger partial charge in [0.1, 0.15) is 6.61 Å². The number of carbonyl (C=O) groups is 2. The molecule has 1 aromatic carbocycles. The fourth-order valence-corrected chi connectivity index (χ4v) is 5.68. The van der Waals surface area contributed by atoms with E-state index in [1.54, 1.807) is 33.6 Å². The van der Waals surface area contributed by atoms with Crippen LogP contribution in [-0.2, 0) is 17.8 Å². The molecular formula is C28H35N3O6S2. The number of amides is 3. The van der Waals surface area contributed by atoms with Crippen molar-refractivity contribution >= 4 is 34.8 Å².